The Balaban J connectivity index is 0.000000364. The summed E-state index contributed by atoms with van der Waals surface area (Å²) in [6, 6.07) is 14.2. The summed E-state index contributed by atoms with van der Waals surface area (Å²) < 4.78 is 0. The molecule has 0 atom stereocenters. The van der Waals surface area contributed by atoms with Crippen molar-refractivity contribution in [2.24, 2.45) is 9.98 Å². The Morgan fingerprint density at radius 1 is 0.714 bits per heavy atom. The Hall–Kier alpha value is -2.13. The van der Waals surface area contributed by atoms with Gasteiger partial charge in [-0.15, -0.1) is 0 Å². The first kappa shape index (κ1) is 18.9. The second-order valence-corrected chi connectivity index (χ2v) is 3.89. The largest absolute Gasteiger partial charge is 0.507 e. The fraction of sp³-hybridized carbons (Fsp3) is 0.125. The van der Waals surface area contributed by atoms with E-state index in [1.54, 1.807) is 50.8 Å². The van der Waals surface area contributed by atoms with E-state index < -0.39 is 0 Å². The van der Waals surface area contributed by atoms with E-state index in [-0.39, 0.29) is 28.0 Å². The molecule has 0 aliphatic rings. The van der Waals surface area contributed by atoms with Gasteiger partial charge in [0.05, 0.1) is 0 Å². The normalized spacial score (nSPS) is 10.0. The van der Waals surface area contributed by atoms with E-state index in [2.05, 4.69) is 9.98 Å². The Labute approximate surface area is 134 Å². The summed E-state index contributed by atoms with van der Waals surface area (Å²) >= 11 is 0. The van der Waals surface area contributed by atoms with Crippen LogP contribution in [0.1, 0.15) is 11.1 Å². The van der Waals surface area contributed by atoms with Crippen molar-refractivity contribution in [3.05, 3.63) is 59.7 Å². The monoisotopic (exact) mass is 328 g/mol. The minimum absolute atomic E-state index is 0. The van der Waals surface area contributed by atoms with Crippen LogP contribution >= 0.6 is 0 Å². The second kappa shape index (κ2) is 10.6. The minimum atomic E-state index is 0. The van der Waals surface area contributed by atoms with E-state index >= 15 is 0 Å². The fourth-order valence-corrected chi connectivity index (χ4v) is 1.47. The van der Waals surface area contributed by atoms with E-state index in [9.17, 15) is 0 Å². The molecule has 2 aromatic rings. The van der Waals surface area contributed by atoms with Crippen LogP contribution in [0, 0.1) is 0 Å². The molecular formula is C16H18N2NiO2. The van der Waals surface area contributed by atoms with Crippen LogP contribution in [0.3, 0.4) is 0 Å². The molecule has 114 valence electrons. The summed E-state index contributed by atoms with van der Waals surface area (Å²) in [5, 5.41) is 18.3. The molecule has 5 heteroatoms. The van der Waals surface area contributed by atoms with Gasteiger partial charge in [0.1, 0.15) is 11.5 Å². The number of hydrogen-bond donors (Lipinski definition) is 2. The molecule has 0 bridgehead atoms. The number of rotatable bonds is 2. The van der Waals surface area contributed by atoms with Crippen molar-refractivity contribution in [3.8, 4) is 11.5 Å². The zero-order valence-electron chi connectivity index (χ0n) is 11.9. The number of hydrogen-bond acceptors (Lipinski definition) is 4. The summed E-state index contributed by atoms with van der Waals surface area (Å²) in [5.74, 6) is 0.543. The van der Waals surface area contributed by atoms with E-state index in [4.69, 9.17) is 10.2 Å². The molecule has 0 amide bonds. The predicted octanol–water partition coefficient (Wildman–Crippen LogP) is 2.88. The summed E-state index contributed by atoms with van der Waals surface area (Å²) in [7, 11) is 3.35. The van der Waals surface area contributed by atoms with Gasteiger partial charge in [0.2, 0.25) is 0 Å². The summed E-state index contributed by atoms with van der Waals surface area (Å²) in [6.07, 6.45) is 3.24. The van der Waals surface area contributed by atoms with Crippen molar-refractivity contribution >= 4 is 12.4 Å². The maximum atomic E-state index is 9.15. The molecule has 0 fully saturated rings. The molecule has 2 aromatic carbocycles. The minimum Gasteiger partial charge on any atom is -0.507 e. The van der Waals surface area contributed by atoms with Crippen LogP contribution < -0.4 is 0 Å². The molecule has 21 heavy (non-hydrogen) atoms. The van der Waals surface area contributed by atoms with Crippen LogP contribution in [-0.4, -0.2) is 36.7 Å². The Kier molecular flexibility index (Phi) is 9.56. The SMILES string of the molecule is CN=Cc1ccccc1O.CN=Cc1ccccc1O.[Ni]. The van der Waals surface area contributed by atoms with Gasteiger partial charge in [-0.05, 0) is 24.3 Å². The van der Waals surface area contributed by atoms with Crippen LogP contribution in [0.25, 0.3) is 0 Å². The maximum Gasteiger partial charge on any atom is 0.124 e. The van der Waals surface area contributed by atoms with Crippen LogP contribution in [0.15, 0.2) is 58.5 Å². The third-order valence-electron chi connectivity index (χ3n) is 2.41. The van der Waals surface area contributed by atoms with Gasteiger partial charge in [0, 0.05) is 54.1 Å². The van der Waals surface area contributed by atoms with Gasteiger partial charge in [0.15, 0.2) is 0 Å². The average Bonchev–Trinajstić information content (AvgIpc) is 2.45. The number of benzene rings is 2. The van der Waals surface area contributed by atoms with Crippen molar-refractivity contribution < 1.29 is 26.7 Å². The molecule has 2 rings (SSSR count). The van der Waals surface area contributed by atoms with Gasteiger partial charge in [-0.2, -0.15) is 0 Å². The van der Waals surface area contributed by atoms with Gasteiger partial charge in [-0.25, -0.2) is 0 Å². The van der Waals surface area contributed by atoms with Crippen LogP contribution in [-0.2, 0) is 16.5 Å². The summed E-state index contributed by atoms with van der Waals surface area (Å²) in [6.45, 7) is 0. The second-order valence-electron chi connectivity index (χ2n) is 3.89. The number of phenols is 2. The number of aromatic hydroxyl groups is 2. The first-order valence-electron chi connectivity index (χ1n) is 6.09. The number of phenolic OH excluding ortho intramolecular Hbond substituents is 2. The van der Waals surface area contributed by atoms with Crippen molar-refractivity contribution in [2.75, 3.05) is 14.1 Å². The van der Waals surface area contributed by atoms with Crippen molar-refractivity contribution in [1.82, 2.24) is 0 Å². The van der Waals surface area contributed by atoms with Gasteiger partial charge in [-0.3, -0.25) is 9.98 Å². The van der Waals surface area contributed by atoms with Crippen molar-refractivity contribution in [1.29, 1.82) is 0 Å². The molecule has 0 radical (unpaired) electrons. The Morgan fingerprint density at radius 3 is 1.33 bits per heavy atom. The molecule has 0 saturated heterocycles. The van der Waals surface area contributed by atoms with E-state index in [0.29, 0.717) is 0 Å². The molecule has 0 aliphatic carbocycles. The Bertz CT molecular complexity index is 545. The van der Waals surface area contributed by atoms with Gasteiger partial charge < -0.3 is 10.2 Å². The topological polar surface area (TPSA) is 65.2 Å². The van der Waals surface area contributed by atoms with Gasteiger partial charge in [0.25, 0.3) is 0 Å². The van der Waals surface area contributed by atoms with Gasteiger partial charge in [-0.1, -0.05) is 24.3 Å². The molecule has 2 N–H and O–H groups in total. The molecule has 0 aromatic heterocycles. The summed E-state index contributed by atoms with van der Waals surface area (Å²) in [5.41, 5.74) is 1.51. The predicted molar refractivity (Wildman–Crippen MR) is 83.2 cm³/mol. The average molecular weight is 329 g/mol. The number of aliphatic imine (C=N–C) groups is 2. The third kappa shape index (κ3) is 6.73. The fourth-order valence-electron chi connectivity index (χ4n) is 1.47. The number of para-hydroxylation sites is 2. The Morgan fingerprint density at radius 2 is 1.05 bits per heavy atom. The molecule has 0 aliphatic heterocycles. The maximum absolute atomic E-state index is 9.15. The standard InChI is InChI=1S/2C8H9NO.Ni/c2*1-9-6-7-4-2-3-5-8(7)10;/h2*2-6,10H,1H3;. The van der Waals surface area contributed by atoms with Crippen molar-refractivity contribution in [2.45, 2.75) is 0 Å². The van der Waals surface area contributed by atoms with E-state index in [1.807, 2.05) is 24.3 Å². The summed E-state index contributed by atoms with van der Waals surface area (Å²) in [4.78, 5) is 7.56. The molecule has 0 spiro atoms. The molecular weight excluding hydrogens is 311 g/mol. The first-order valence-corrected chi connectivity index (χ1v) is 6.09. The third-order valence-corrected chi connectivity index (χ3v) is 2.41. The zero-order chi connectivity index (χ0) is 14.8. The van der Waals surface area contributed by atoms with Crippen LogP contribution in [0.4, 0.5) is 0 Å². The van der Waals surface area contributed by atoms with E-state index in [0.717, 1.165) is 11.1 Å². The van der Waals surface area contributed by atoms with Gasteiger partial charge >= 0.3 is 0 Å². The zero-order valence-corrected chi connectivity index (χ0v) is 12.9. The molecule has 4 nitrogen and oxygen atoms in total. The molecule has 0 unspecified atom stereocenters. The van der Waals surface area contributed by atoms with Crippen LogP contribution in [0.5, 0.6) is 11.5 Å². The van der Waals surface area contributed by atoms with E-state index in [1.165, 1.54) is 0 Å². The number of nitrogens with zero attached hydrogens (tertiary/aromatic N) is 2. The van der Waals surface area contributed by atoms with Crippen molar-refractivity contribution in [3.63, 3.8) is 0 Å². The molecule has 0 heterocycles. The quantitative estimate of drug-likeness (QED) is 0.657. The smallest absolute Gasteiger partial charge is 0.124 e. The molecule has 0 saturated carbocycles. The first-order chi connectivity index (χ1) is 9.69. The van der Waals surface area contributed by atoms with Crippen LogP contribution in [0.2, 0.25) is 0 Å².